The molecule has 1 aromatic carbocycles. The van der Waals surface area contributed by atoms with Gasteiger partial charge in [0.25, 0.3) is 0 Å². The third-order valence-electron chi connectivity index (χ3n) is 3.84. The van der Waals surface area contributed by atoms with Crippen LogP contribution in [0.25, 0.3) is 0 Å². The molecule has 20 heavy (non-hydrogen) atoms. The Morgan fingerprint density at radius 2 is 1.90 bits per heavy atom. The number of benzene rings is 1. The molecule has 1 saturated heterocycles. The van der Waals surface area contributed by atoms with Gasteiger partial charge in [0.15, 0.2) is 0 Å². The van der Waals surface area contributed by atoms with Gasteiger partial charge in [-0.05, 0) is 30.5 Å². The van der Waals surface area contributed by atoms with Crippen LogP contribution in [0.15, 0.2) is 18.2 Å². The smallest absolute Gasteiger partial charge is 0.101 e. The molecule has 1 aliphatic rings. The van der Waals surface area contributed by atoms with Gasteiger partial charge >= 0.3 is 0 Å². The molecule has 0 spiro atoms. The van der Waals surface area contributed by atoms with Gasteiger partial charge in [0.2, 0.25) is 0 Å². The van der Waals surface area contributed by atoms with E-state index in [4.69, 9.17) is 0 Å². The molecule has 1 N–H and O–H groups in total. The summed E-state index contributed by atoms with van der Waals surface area (Å²) in [6.45, 7) is 7.26. The van der Waals surface area contributed by atoms with Gasteiger partial charge in [-0.3, -0.25) is 0 Å². The molecule has 0 aliphatic carbocycles. The molecule has 3 heteroatoms. The zero-order valence-electron chi connectivity index (χ0n) is 12.7. The van der Waals surface area contributed by atoms with Crippen molar-refractivity contribution in [3.8, 4) is 6.07 Å². The van der Waals surface area contributed by atoms with Crippen molar-refractivity contribution in [2.75, 3.05) is 18.0 Å². The minimum atomic E-state index is 0.464. The summed E-state index contributed by atoms with van der Waals surface area (Å²) in [6, 6.07) is 9.15. The standard InChI is InChI=1S/C17H25N3/c1-14(2)19-13-15-7-8-17(16(11-15)12-18)20-9-5-3-4-6-10-20/h7-8,11,14,19H,3-6,9-10,13H2,1-2H3. The number of anilines is 1. The maximum Gasteiger partial charge on any atom is 0.101 e. The quantitative estimate of drug-likeness (QED) is 0.911. The van der Waals surface area contributed by atoms with Crippen LogP contribution in [0.1, 0.15) is 50.7 Å². The maximum absolute atomic E-state index is 9.42. The number of nitrogens with zero attached hydrogens (tertiary/aromatic N) is 2. The Morgan fingerprint density at radius 3 is 2.50 bits per heavy atom. The number of rotatable bonds is 4. The van der Waals surface area contributed by atoms with Crippen LogP contribution in [0.3, 0.4) is 0 Å². The Labute approximate surface area is 122 Å². The van der Waals surface area contributed by atoms with Gasteiger partial charge in [-0.2, -0.15) is 5.26 Å². The fraction of sp³-hybridized carbons (Fsp3) is 0.588. The highest BCUT2D eigenvalue weighted by molar-refractivity contribution is 5.60. The predicted molar refractivity (Wildman–Crippen MR) is 83.8 cm³/mol. The monoisotopic (exact) mass is 271 g/mol. The third kappa shape index (κ3) is 3.98. The minimum absolute atomic E-state index is 0.464. The molecule has 1 heterocycles. The summed E-state index contributed by atoms with van der Waals surface area (Å²) in [5.41, 5.74) is 3.12. The summed E-state index contributed by atoms with van der Waals surface area (Å²) in [5, 5.41) is 12.8. The van der Waals surface area contributed by atoms with E-state index in [-0.39, 0.29) is 0 Å². The highest BCUT2D eigenvalue weighted by atomic mass is 15.1. The van der Waals surface area contributed by atoms with Crippen molar-refractivity contribution in [1.82, 2.24) is 5.32 Å². The van der Waals surface area contributed by atoms with Crippen molar-refractivity contribution in [3.05, 3.63) is 29.3 Å². The van der Waals surface area contributed by atoms with Crippen molar-refractivity contribution in [2.24, 2.45) is 0 Å². The Bertz CT molecular complexity index is 466. The lowest BCUT2D eigenvalue weighted by Gasteiger charge is -2.24. The topological polar surface area (TPSA) is 39.1 Å². The van der Waals surface area contributed by atoms with Gasteiger partial charge in [-0.25, -0.2) is 0 Å². The number of nitriles is 1. The molecule has 0 unspecified atom stereocenters. The normalized spacial score (nSPS) is 16.0. The summed E-state index contributed by atoms with van der Waals surface area (Å²) in [6.07, 6.45) is 5.10. The number of nitrogens with one attached hydrogen (secondary N) is 1. The highest BCUT2D eigenvalue weighted by Crippen LogP contribution is 2.24. The first-order valence-electron chi connectivity index (χ1n) is 7.72. The van der Waals surface area contributed by atoms with E-state index in [1.165, 1.54) is 31.2 Å². The highest BCUT2D eigenvalue weighted by Gasteiger charge is 2.14. The Hall–Kier alpha value is -1.53. The summed E-state index contributed by atoms with van der Waals surface area (Å²) in [7, 11) is 0. The Morgan fingerprint density at radius 1 is 1.20 bits per heavy atom. The second-order valence-corrected chi connectivity index (χ2v) is 5.90. The summed E-state index contributed by atoms with van der Waals surface area (Å²) in [4.78, 5) is 2.38. The van der Waals surface area contributed by atoms with E-state index < -0.39 is 0 Å². The fourth-order valence-corrected chi connectivity index (χ4v) is 2.69. The van der Waals surface area contributed by atoms with Crippen molar-refractivity contribution >= 4 is 5.69 Å². The van der Waals surface area contributed by atoms with E-state index in [1.54, 1.807) is 0 Å². The second-order valence-electron chi connectivity index (χ2n) is 5.90. The Kier molecular flexibility index (Phi) is 5.43. The maximum atomic E-state index is 9.42. The van der Waals surface area contributed by atoms with Gasteiger partial charge in [0.05, 0.1) is 11.3 Å². The van der Waals surface area contributed by atoms with Crippen LogP contribution in [-0.4, -0.2) is 19.1 Å². The first kappa shape index (κ1) is 14.9. The SMILES string of the molecule is CC(C)NCc1ccc(N2CCCCCC2)c(C#N)c1. The summed E-state index contributed by atoms with van der Waals surface area (Å²) in [5.74, 6) is 0. The Balaban J connectivity index is 2.14. The summed E-state index contributed by atoms with van der Waals surface area (Å²) < 4.78 is 0. The van der Waals surface area contributed by atoms with Crippen LogP contribution in [0.2, 0.25) is 0 Å². The van der Waals surface area contributed by atoms with Gasteiger partial charge in [0.1, 0.15) is 6.07 Å². The largest absolute Gasteiger partial charge is 0.370 e. The molecular weight excluding hydrogens is 246 g/mol. The van der Waals surface area contributed by atoms with Crippen molar-refractivity contribution in [3.63, 3.8) is 0 Å². The third-order valence-corrected chi connectivity index (χ3v) is 3.84. The molecule has 0 atom stereocenters. The first-order chi connectivity index (χ1) is 9.70. The minimum Gasteiger partial charge on any atom is -0.370 e. The first-order valence-corrected chi connectivity index (χ1v) is 7.72. The molecule has 1 fully saturated rings. The van der Waals surface area contributed by atoms with E-state index in [0.717, 1.165) is 30.9 Å². The molecular formula is C17H25N3. The average molecular weight is 271 g/mol. The molecule has 1 aromatic rings. The lowest BCUT2D eigenvalue weighted by molar-refractivity contribution is 0.589. The van der Waals surface area contributed by atoms with Gasteiger partial charge < -0.3 is 10.2 Å². The van der Waals surface area contributed by atoms with E-state index >= 15 is 0 Å². The van der Waals surface area contributed by atoms with Crippen LogP contribution in [-0.2, 0) is 6.54 Å². The van der Waals surface area contributed by atoms with Crippen LogP contribution >= 0.6 is 0 Å². The van der Waals surface area contributed by atoms with E-state index in [9.17, 15) is 5.26 Å². The van der Waals surface area contributed by atoms with Crippen molar-refractivity contribution in [1.29, 1.82) is 5.26 Å². The van der Waals surface area contributed by atoms with E-state index in [1.807, 2.05) is 6.07 Å². The zero-order valence-corrected chi connectivity index (χ0v) is 12.7. The van der Waals surface area contributed by atoms with Crippen LogP contribution in [0.4, 0.5) is 5.69 Å². The second kappa shape index (κ2) is 7.31. The fourth-order valence-electron chi connectivity index (χ4n) is 2.69. The summed E-state index contributed by atoms with van der Waals surface area (Å²) >= 11 is 0. The molecule has 0 aromatic heterocycles. The molecule has 3 nitrogen and oxygen atoms in total. The van der Waals surface area contributed by atoms with Crippen molar-refractivity contribution < 1.29 is 0 Å². The lowest BCUT2D eigenvalue weighted by atomic mass is 10.1. The van der Waals surface area contributed by atoms with Crippen LogP contribution in [0, 0.1) is 11.3 Å². The molecule has 1 aliphatic heterocycles. The number of hydrogen-bond acceptors (Lipinski definition) is 3. The average Bonchev–Trinajstić information content (AvgIpc) is 2.73. The molecule has 108 valence electrons. The van der Waals surface area contributed by atoms with Crippen LogP contribution in [0.5, 0.6) is 0 Å². The molecule has 0 radical (unpaired) electrons. The van der Waals surface area contributed by atoms with Crippen molar-refractivity contribution in [2.45, 2.75) is 52.1 Å². The van der Waals surface area contributed by atoms with Crippen LogP contribution < -0.4 is 10.2 Å². The number of hydrogen-bond donors (Lipinski definition) is 1. The molecule has 0 amide bonds. The van der Waals surface area contributed by atoms with Gasteiger partial charge in [0, 0.05) is 25.7 Å². The van der Waals surface area contributed by atoms with Gasteiger partial charge in [-0.15, -0.1) is 0 Å². The molecule has 0 bridgehead atoms. The van der Waals surface area contributed by atoms with E-state index in [2.05, 4.69) is 42.3 Å². The lowest BCUT2D eigenvalue weighted by Crippen LogP contribution is -2.25. The zero-order chi connectivity index (χ0) is 14.4. The van der Waals surface area contributed by atoms with Gasteiger partial charge in [-0.1, -0.05) is 32.8 Å². The molecule has 2 rings (SSSR count). The molecule has 0 saturated carbocycles. The van der Waals surface area contributed by atoms with E-state index in [0.29, 0.717) is 6.04 Å². The predicted octanol–water partition coefficient (Wildman–Crippen LogP) is 3.44.